The van der Waals surface area contributed by atoms with Crippen LogP contribution < -0.4 is 0 Å². The standard InChI is InChI=1S/C13H21NO4/c1-2-6-14(12(15)9-4-3-5-9)11-8-18-7-10(11)13(16)17/h9-11H,2-8H2,1H3,(H,16,17). The summed E-state index contributed by atoms with van der Waals surface area (Å²) < 4.78 is 5.27. The zero-order valence-electron chi connectivity index (χ0n) is 10.8. The lowest BCUT2D eigenvalue weighted by Gasteiger charge is -2.36. The van der Waals surface area contributed by atoms with Gasteiger partial charge in [-0.2, -0.15) is 0 Å². The van der Waals surface area contributed by atoms with Crippen molar-refractivity contribution in [2.45, 2.75) is 38.6 Å². The number of hydrogen-bond acceptors (Lipinski definition) is 3. The average molecular weight is 255 g/mol. The van der Waals surface area contributed by atoms with Crippen LogP contribution >= 0.6 is 0 Å². The molecule has 1 saturated heterocycles. The van der Waals surface area contributed by atoms with Crippen LogP contribution in [-0.2, 0) is 14.3 Å². The van der Waals surface area contributed by atoms with Gasteiger partial charge in [0.2, 0.25) is 5.91 Å². The Kier molecular flexibility index (Phi) is 4.22. The Morgan fingerprint density at radius 2 is 2.06 bits per heavy atom. The van der Waals surface area contributed by atoms with Gasteiger partial charge in [-0.1, -0.05) is 13.3 Å². The number of aliphatic carboxylic acids is 1. The molecule has 0 radical (unpaired) electrons. The number of amides is 1. The number of nitrogens with zero attached hydrogens (tertiary/aromatic N) is 1. The molecule has 1 aliphatic carbocycles. The fourth-order valence-corrected chi connectivity index (χ4v) is 2.66. The molecular formula is C13H21NO4. The van der Waals surface area contributed by atoms with Gasteiger partial charge in [-0.25, -0.2) is 0 Å². The zero-order chi connectivity index (χ0) is 13.1. The second kappa shape index (κ2) is 5.69. The number of carbonyl (C=O) groups is 2. The summed E-state index contributed by atoms with van der Waals surface area (Å²) in [6, 6.07) is -0.282. The quantitative estimate of drug-likeness (QED) is 0.799. The van der Waals surface area contributed by atoms with Gasteiger partial charge in [-0.05, 0) is 19.3 Å². The van der Waals surface area contributed by atoms with Crippen molar-refractivity contribution in [1.29, 1.82) is 0 Å². The Labute approximate surface area is 107 Å². The van der Waals surface area contributed by atoms with Gasteiger partial charge in [0.15, 0.2) is 0 Å². The lowest BCUT2D eigenvalue weighted by atomic mass is 9.83. The van der Waals surface area contributed by atoms with Crippen molar-refractivity contribution in [2.75, 3.05) is 19.8 Å². The third kappa shape index (κ3) is 2.51. The number of carboxylic acids is 1. The van der Waals surface area contributed by atoms with Gasteiger partial charge in [0, 0.05) is 12.5 Å². The Balaban J connectivity index is 2.08. The van der Waals surface area contributed by atoms with Gasteiger partial charge in [0.1, 0.15) is 5.92 Å². The Morgan fingerprint density at radius 1 is 1.33 bits per heavy atom. The van der Waals surface area contributed by atoms with E-state index in [2.05, 4.69) is 0 Å². The lowest BCUT2D eigenvalue weighted by Crippen LogP contribution is -2.50. The SMILES string of the molecule is CCCN(C(=O)C1CCC1)C1COCC1C(=O)O. The van der Waals surface area contributed by atoms with Crippen LogP contribution in [0.25, 0.3) is 0 Å². The fourth-order valence-electron chi connectivity index (χ4n) is 2.66. The molecule has 2 fully saturated rings. The molecule has 1 aliphatic heterocycles. The Bertz CT molecular complexity index is 327. The third-order valence-electron chi connectivity index (χ3n) is 3.97. The van der Waals surface area contributed by atoms with Gasteiger partial charge < -0.3 is 14.7 Å². The molecule has 1 heterocycles. The summed E-state index contributed by atoms with van der Waals surface area (Å²) in [6.45, 7) is 3.22. The monoisotopic (exact) mass is 255 g/mol. The van der Waals surface area contributed by atoms with Gasteiger partial charge in [-0.3, -0.25) is 9.59 Å². The molecule has 2 aliphatic rings. The van der Waals surface area contributed by atoms with Crippen molar-refractivity contribution in [3.05, 3.63) is 0 Å². The topological polar surface area (TPSA) is 66.8 Å². The van der Waals surface area contributed by atoms with Crippen molar-refractivity contribution >= 4 is 11.9 Å². The summed E-state index contributed by atoms with van der Waals surface area (Å²) in [5, 5.41) is 9.17. The van der Waals surface area contributed by atoms with Gasteiger partial charge in [0.05, 0.1) is 19.3 Å². The highest BCUT2D eigenvalue weighted by Crippen LogP contribution is 2.31. The van der Waals surface area contributed by atoms with Crippen molar-refractivity contribution < 1.29 is 19.4 Å². The number of carbonyl (C=O) groups excluding carboxylic acids is 1. The minimum atomic E-state index is -0.861. The molecule has 0 aromatic heterocycles. The molecule has 1 N–H and O–H groups in total. The summed E-state index contributed by atoms with van der Waals surface area (Å²) in [5.74, 6) is -1.18. The first-order valence-electron chi connectivity index (χ1n) is 6.76. The van der Waals surface area contributed by atoms with Crippen LogP contribution in [0.2, 0.25) is 0 Å². The van der Waals surface area contributed by atoms with E-state index in [4.69, 9.17) is 4.74 Å². The summed E-state index contributed by atoms with van der Waals surface area (Å²) in [5.41, 5.74) is 0. The van der Waals surface area contributed by atoms with Crippen LogP contribution in [0.15, 0.2) is 0 Å². The predicted octanol–water partition coefficient (Wildman–Crippen LogP) is 1.12. The van der Waals surface area contributed by atoms with E-state index in [0.29, 0.717) is 13.2 Å². The van der Waals surface area contributed by atoms with Crippen molar-refractivity contribution in [1.82, 2.24) is 4.90 Å². The molecule has 102 valence electrons. The van der Waals surface area contributed by atoms with Crippen LogP contribution in [0.3, 0.4) is 0 Å². The largest absolute Gasteiger partial charge is 0.481 e. The van der Waals surface area contributed by atoms with E-state index < -0.39 is 11.9 Å². The first-order chi connectivity index (χ1) is 8.65. The maximum absolute atomic E-state index is 12.3. The summed E-state index contributed by atoms with van der Waals surface area (Å²) in [6.07, 6.45) is 3.86. The van der Waals surface area contributed by atoms with E-state index in [9.17, 15) is 14.7 Å². The number of hydrogen-bond donors (Lipinski definition) is 1. The molecule has 1 saturated carbocycles. The van der Waals surface area contributed by atoms with E-state index in [1.54, 1.807) is 4.90 Å². The minimum Gasteiger partial charge on any atom is -0.481 e. The van der Waals surface area contributed by atoms with Crippen molar-refractivity contribution in [2.24, 2.45) is 11.8 Å². The van der Waals surface area contributed by atoms with Crippen LogP contribution in [0.5, 0.6) is 0 Å². The summed E-state index contributed by atoms with van der Waals surface area (Å²) in [7, 11) is 0. The number of ether oxygens (including phenoxy) is 1. The molecule has 1 amide bonds. The van der Waals surface area contributed by atoms with Gasteiger partial charge in [0.25, 0.3) is 0 Å². The molecule has 0 aromatic rings. The Morgan fingerprint density at radius 3 is 2.56 bits per heavy atom. The first-order valence-corrected chi connectivity index (χ1v) is 6.76. The molecule has 2 unspecified atom stereocenters. The summed E-state index contributed by atoms with van der Waals surface area (Å²) >= 11 is 0. The van der Waals surface area contributed by atoms with E-state index in [1.165, 1.54) is 0 Å². The molecule has 0 aromatic carbocycles. The van der Waals surface area contributed by atoms with Crippen LogP contribution in [0.1, 0.15) is 32.6 Å². The average Bonchev–Trinajstić information content (AvgIpc) is 2.71. The highest BCUT2D eigenvalue weighted by molar-refractivity contribution is 5.81. The highest BCUT2D eigenvalue weighted by Gasteiger charge is 2.42. The summed E-state index contributed by atoms with van der Waals surface area (Å²) in [4.78, 5) is 25.3. The molecule has 2 rings (SSSR count). The van der Waals surface area contributed by atoms with Crippen molar-refractivity contribution in [3.63, 3.8) is 0 Å². The maximum Gasteiger partial charge on any atom is 0.311 e. The predicted molar refractivity (Wildman–Crippen MR) is 65.1 cm³/mol. The minimum absolute atomic E-state index is 0.117. The smallest absolute Gasteiger partial charge is 0.311 e. The first kappa shape index (κ1) is 13.3. The molecule has 18 heavy (non-hydrogen) atoms. The van der Waals surface area contributed by atoms with Crippen LogP contribution in [-0.4, -0.2) is 47.7 Å². The number of carboxylic acid groups (broad SMARTS) is 1. The fraction of sp³-hybridized carbons (Fsp3) is 0.846. The van der Waals surface area contributed by atoms with Crippen LogP contribution in [0, 0.1) is 11.8 Å². The van der Waals surface area contributed by atoms with E-state index >= 15 is 0 Å². The maximum atomic E-state index is 12.3. The number of rotatable bonds is 5. The van der Waals surface area contributed by atoms with E-state index in [0.717, 1.165) is 25.7 Å². The molecule has 5 nitrogen and oxygen atoms in total. The van der Waals surface area contributed by atoms with Crippen molar-refractivity contribution in [3.8, 4) is 0 Å². The molecular weight excluding hydrogens is 234 g/mol. The lowest BCUT2D eigenvalue weighted by molar-refractivity contribution is -0.147. The molecule has 0 spiro atoms. The second-order valence-electron chi connectivity index (χ2n) is 5.21. The molecule has 2 atom stereocenters. The van der Waals surface area contributed by atoms with Gasteiger partial charge >= 0.3 is 5.97 Å². The van der Waals surface area contributed by atoms with Gasteiger partial charge in [-0.15, -0.1) is 0 Å². The zero-order valence-corrected chi connectivity index (χ0v) is 10.8. The highest BCUT2D eigenvalue weighted by atomic mass is 16.5. The molecule has 5 heteroatoms. The van der Waals surface area contributed by atoms with Crippen LogP contribution in [0.4, 0.5) is 0 Å². The Hall–Kier alpha value is -1.10. The second-order valence-corrected chi connectivity index (χ2v) is 5.21. The normalized spacial score (nSPS) is 27.8. The third-order valence-corrected chi connectivity index (χ3v) is 3.97. The van der Waals surface area contributed by atoms with E-state index in [1.807, 2.05) is 6.92 Å². The molecule has 0 bridgehead atoms. The van der Waals surface area contributed by atoms with E-state index in [-0.39, 0.29) is 24.5 Å².